The summed E-state index contributed by atoms with van der Waals surface area (Å²) < 4.78 is 4.25. The molecule has 0 saturated heterocycles. The number of carboxylic acid groups (broad SMARTS) is 2. The first-order valence-electron chi connectivity index (χ1n) is 15.1. The van der Waals surface area contributed by atoms with E-state index < -0.39 is 115 Å². The number of primary amides is 1. The van der Waals surface area contributed by atoms with Gasteiger partial charge in [0.25, 0.3) is 0 Å². The Morgan fingerprint density at radius 1 is 0.755 bits per heavy atom. The second-order valence-corrected chi connectivity index (χ2v) is 11.1. The number of benzene rings is 1. The van der Waals surface area contributed by atoms with Crippen LogP contribution < -0.4 is 27.0 Å². The molecule has 1 aromatic rings. The van der Waals surface area contributed by atoms with Crippen LogP contribution >= 0.6 is 0 Å². The number of hydrogen-bond donors (Lipinski definition) is 7. The third-order valence-electron chi connectivity index (χ3n) is 7.30. The molecule has 0 radical (unpaired) electrons. The van der Waals surface area contributed by atoms with Crippen molar-refractivity contribution in [2.75, 3.05) is 7.11 Å². The molecule has 0 unspecified atom stereocenters. The van der Waals surface area contributed by atoms with Gasteiger partial charge < -0.3 is 42.0 Å². The van der Waals surface area contributed by atoms with Gasteiger partial charge in [-0.3, -0.25) is 43.2 Å². The van der Waals surface area contributed by atoms with Crippen molar-refractivity contribution in [3.63, 3.8) is 0 Å². The highest BCUT2D eigenvalue weighted by Gasteiger charge is 2.33. The molecule has 18 nitrogen and oxygen atoms in total. The number of nitrogens with one attached hydrogen (secondary N) is 4. The normalized spacial score (nSPS) is 13.6. The van der Waals surface area contributed by atoms with Crippen molar-refractivity contribution in [1.29, 1.82) is 0 Å². The van der Waals surface area contributed by atoms with E-state index in [2.05, 4.69) is 26.0 Å². The maximum atomic E-state index is 13.4. The predicted molar refractivity (Wildman–Crippen MR) is 167 cm³/mol. The Morgan fingerprint density at radius 2 is 1.22 bits per heavy atom. The Balaban J connectivity index is 3.27. The van der Waals surface area contributed by atoms with Crippen LogP contribution in [0, 0.1) is 5.92 Å². The fourth-order valence-electron chi connectivity index (χ4n) is 4.40. The van der Waals surface area contributed by atoms with Gasteiger partial charge in [-0.05, 0) is 24.3 Å². The van der Waals surface area contributed by atoms with Crippen molar-refractivity contribution in [1.82, 2.24) is 21.3 Å². The number of Topliss-reactive ketones (excluding diaryl/α,β-unsaturated/α-hetero) is 2. The molecule has 268 valence electrons. The number of esters is 1. The zero-order valence-corrected chi connectivity index (χ0v) is 27.4. The van der Waals surface area contributed by atoms with Crippen LogP contribution in [0.3, 0.4) is 0 Å². The van der Waals surface area contributed by atoms with E-state index in [1.807, 2.05) is 0 Å². The lowest BCUT2D eigenvalue weighted by molar-refractivity contribution is -0.149. The summed E-state index contributed by atoms with van der Waals surface area (Å²) in [6, 6.07) is -0.523. The largest absolute Gasteiger partial charge is 0.481 e. The molecule has 0 spiro atoms. The predicted octanol–water partition coefficient (Wildman–Crippen LogP) is -1.63. The minimum atomic E-state index is -1.59. The van der Waals surface area contributed by atoms with Crippen molar-refractivity contribution in [3.8, 4) is 0 Å². The molecule has 0 saturated carbocycles. The number of carboxylic acids is 2. The highest BCUT2D eigenvalue weighted by atomic mass is 16.5. The van der Waals surface area contributed by atoms with Crippen LogP contribution in [0.1, 0.15) is 68.8 Å². The summed E-state index contributed by atoms with van der Waals surface area (Å²) in [7, 11) is 0.934. The van der Waals surface area contributed by atoms with Crippen molar-refractivity contribution >= 4 is 59.0 Å². The molecule has 8 N–H and O–H groups in total. The maximum absolute atomic E-state index is 13.4. The highest BCUT2D eigenvalue weighted by molar-refractivity contribution is 6.65. The van der Waals surface area contributed by atoms with Gasteiger partial charge in [0.15, 0.2) is 0 Å². The van der Waals surface area contributed by atoms with Gasteiger partial charge in [0.05, 0.1) is 7.11 Å². The molecule has 5 atom stereocenters. The zero-order valence-electron chi connectivity index (χ0n) is 27.4. The van der Waals surface area contributed by atoms with Crippen molar-refractivity contribution in [3.05, 3.63) is 35.4 Å². The van der Waals surface area contributed by atoms with E-state index in [1.54, 1.807) is 13.8 Å². The van der Waals surface area contributed by atoms with Crippen LogP contribution in [0.5, 0.6) is 0 Å². The molecule has 5 amide bonds. The molecule has 0 heterocycles. The summed E-state index contributed by atoms with van der Waals surface area (Å²) in [5.74, 6) is -11.4. The van der Waals surface area contributed by atoms with E-state index in [-0.39, 0.29) is 12.0 Å². The Labute approximate surface area is 280 Å². The number of rotatable bonds is 21. The van der Waals surface area contributed by atoms with E-state index in [1.165, 1.54) is 24.3 Å². The fourth-order valence-corrected chi connectivity index (χ4v) is 4.40. The van der Waals surface area contributed by atoms with Crippen LogP contribution in [0.4, 0.5) is 0 Å². The molecule has 0 bridgehead atoms. The summed E-state index contributed by atoms with van der Waals surface area (Å²) in [4.78, 5) is 122. The van der Waals surface area contributed by atoms with E-state index in [9.17, 15) is 58.2 Å². The minimum Gasteiger partial charge on any atom is -0.481 e. The summed E-state index contributed by atoms with van der Waals surface area (Å²) in [5, 5.41) is 27.9. The quantitative estimate of drug-likeness (QED) is 0.0330. The molecule has 1 aromatic carbocycles. The number of hydrogen-bond acceptors (Lipinski definition) is 11. The second kappa shape index (κ2) is 19.9. The molecule has 0 aliphatic rings. The number of amides is 5. The number of ketones is 2. The first-order chi connectivity index (χ1) is 22.9. The van der Waals surface area contributed by atoms with E-state index >= 15 is 0 Å². The topological polar surface area (TPSA) is 295 Å². The van der Waals surface area contributed by atoms with Gasteiger partial charge in [-0.25, -0.2) is 4.79 Å². The number of aliphatic carboxylic acids is 2. The molecule has 0 fully saturated rings. The van der Waals surface area contributed by atoms with E-state index in [4.69, 9.17) is 5.73 Å². The lowest BCUT2D eigenvalue weighted by Crippen LogP contribution is -2.59. The van der Waals surface area contributed by atoms with Gasteiger partial charge >= 0.3 is 23.7 Å². The molecule has 0 aliphatic heterocycles. The Bertz CT molecular complexity index is 1440. The lowest BCUT2D eigenvalue weighted by Gasteiger charge is -2.27. The van der Waals surface area contributed by atoms with Crippen molar-refractivity contribution in [2.45, 2.75) is 83.5 Å². The van der Waals surface area contributed by atoms with Gasteiger partial charge in [0.2, 0.25) is 35.3 Å². The van der Waals surface area contributed by atoms with Crippen LogP contribution in [0.25, 0.3) is 0 Å². The number of nitrogens with two attached hydrogens (primary N) is 1. The van der Waals surface area contributed by atoms with E-state index in [0.29, 0.717) is 12.0 Å². The van der Waals surface area contributed by atoms with Crippen molar-refractivity contribution in [2.24, 2.45) is 11.7 Å². The second-order valence-electron chi connectivity index (χ2n) is 11.1. The van der Waals surface area contributed by atoms with Crippen LogP contribution in [0.15, 0.2) is 24.3 Å². The molecule has 1 rings (SSSR count). The van der Waals surface area contributed by atoms with Crippen LogP contribution in [0.2, 0.25) is 0 Å². The number of carbonyl (C=O) groups is 10. The van der Waals surface area contributed by atoms with E-state index in [0.717, 1.165) is 14.0 Å². The van der Waals surface area contributed by atoms with Gasteiger partial charge in [0, 0.05) is 31.7 Å². The molecular formula is C31H41N5O13. The van der Waals surface area contributed by atoms with Gasteiger partial charge in [0.1, 0.15) is 24.2 Å². The number of carbonyl (C=O) groups excluding carboxylic acids is 8. The monoisotopic (exact) mass is 691 g/mol. The standard InChI is InChI=1S/C31H41N5O13/c1-5-15(2)24(27(32)44)36-29(46)20(11-13-23(40)41)34-28(45)19(10-12-22(38)39)35-30(47)21(33-16(3)37)14-17-6-8-18(9-7-17)25(42)26(43)31(48)49-4/h6-9,15,19-21,24H,5,10-14H2,1-4H3,(H2,32,44)(H,33,37)(H,34,45)(H,35,47)(H,36,46)(H,38,39)(H,40,41)/t15-,19-,20-,21-,24-/m0/s1. The molecule has 0 aromatic heterocycles. The third kappa shape index (κ3) is 13.9. The highest BCUT2D eigenvalue weighted by Crippen LogP contribution is 2.12. The Kier molecular flexibility index (Phi) is 16.8. The average molecular weight is 692 g/mol. The minimum absolute atomic E-state index is 0.155. The smallest absolute Gasteiger partial charge is 0.383 e. The summed E-state index contributed by atoms with van der Waals surface area (Å²) in [6.45, 7) is 4.50. The third-order valence-corrected chi connectivity index (χ3v) is 7.30. The van der Waals surface area contributed by atoms with Crippen molar-refractivity contribution < 1.29 is 62.9 Å². The van der Waals surface area contributed by atoms with Gasteiger partial charge in [-0.1, -0.05) is 44.5 Å². The van der Waals surface area contributed by atoms with Crippen LogP contribution in [-0.4, -0.2) is 101 Å². The van der Waals surface area contributed by atoms with Gasteiger partial charge in [-0.15, -0.1) is 0 Å². The Hall–Kier alpha value is -5.68. The lowest BCUT2D eigenvalue weighted by atomic mass is 9.97. The average Bonchev–Trinajstić information content (AvgIpc) is 3.04. The molecule has 18 heteroatoms. The fraction of sp³-hybridized carbons (Fsp3) is 0.484. The molecular weight excluding hydrogens is 650 g/mol. The number of ether oxygens (including phenoxy) is 1. The first-order valence-corrected chi connectivity index (χ1v) is 15.1. The SMILES string of the molecule is CC[C@H](C)[C@H](NC(=O)[C@H](CCC(=O)O)NC(=O)[C@H](CCC(=O)O)NC(=O)[C@H](Cc1ccc(C(=O)C(=O)C(=O)OC)cc1)NC(C)=O)C(N)=O. The summed E-state index contributed by atoms with van der Waals surface area (Å²) in [5.41, 5.74) is 5.61. The molecule has 0 aliphatic carbocycles. The maximum Gasteiger partial charge on any atom is 0.383 e. The van der Waals surface area contributed by atoms with Gasteiger partial charge in [-0.2, -0.15) is 0 Å². The first kappa shape index (κ1) is 41.3. The van der Waals surface area contributed by atoms with Crippen LogP contribution in [-0.2, 0) is 54.3 Å². The Morgan fingerprint density at radius 3 is 1.63 bits per heavy atom. The number of methoxy groups -OCH3 is 1. The molecule has 49 heavy (non-hydrogen) atoms. The summed E-state index contributed by atoms with van der Waals surface area (Å²) in [6.07, 6.45) is -1.89. The summed E-state index contributed by atoms with van der Waals surface area (Å²) >= 11 is 0. The zero-order chi connectivity index (χ0) is 37.4.